The van der Waals surface area contributed by atoms with E-state index in [4.69, 9.17) is 5.84 Å². The molecule has 3 N–H and O–H groups in total. The fourth-order valence-corrected chi connectivity index (χ4v) is 1.13. The highest BCUT2D eigenvalue weighted by molar-refractivity contribution is 5.94. The summed E-state index contributed by atoms with van der Waals surface area (Å²) >= 11 is 0. The van der Waals surface area contributed by atoms with Crippen molar-refractivity contribution < 1.29 is 9.59 Å². The number of amides is 4. The number of nitrogens with zero attached hydrogens (tertiary/aromatic N) is 2. The quantitative estimate of drug-likeness (QED) is 0.485. The van der Waals surface area contributed by atoms with Crippen LogP contribution in [0.1, 0.15) is 13.8 Å². The lowest BCUT2D eigenvalue weighted by Gasteiger charge is -2.15. The van der Waals surface area contributed by atoms with Gasteiger partial charge in [0.15, 0.2) is 0 Å². The molecule has 6 heteroatoms. The van der Waals surface area contributed by atoms with Crippen LogP contribution in [-0.4, -0.2) is 41.6 Å². The van der Waals surface area contributed by atoms with Crippen molar-refractivity contribution in [1.29, 1.82) is 0 Å². The van der Waals surface area contributed by atoms with Crippen molar-refractivity contribution in [3.8, 4) is 0 Å². The first-order valence-electron chi connectivity index (χ1n) is 4.64. The number of nitrogens with one attached hydrogen (secondary N) is 1. The van der Waals surface area contributed by atoms with E-state index >= 15 is 0 Å². The summed E-state index contributed by atoms with van der Waals surface area (Å²) in [5, 5.41) is 3.70. The van der Waals surface area contributed by atoms with Gasteiger partial charge < -0.3 is 5.32 Å². The first kappa shape index (κ1) is 10.8. The Hall–Kier alpha value is -1.30. The van der Waals surface area contributed by atoms with Crippen LogP contribution in [0, 0.1) is 5.92 Å². The molecule has 1 saturated heterocycles. The van der Waals surface area contributed by atoms with E-state index in [9.17, 15) is 9.59 Å². The zero-order chi connectivity index (χ0) is 10.7. The fraction of sp³-hybridized carbons (Fsp3) is 0.750. The molecule has 0 bridgehead atoms. The third-order valence-corrected chi connectivity index (χ3v) is 1.95. The van der Waals surface area contributed by atoms with Gasteiger partial charge in [0.05, 0.1) is 13.1 Å². The monoisotopic (exact) mass is 200 g/mol. The third kappa shape index (κ3) is 2.35. The highest BCUT2D eigenvalue weighted by atomic mass is 16.2. The van der Waals surface area contributed by atoms with Crippen molar-refractivity contribution in [1.82, 2.24) is 15.2 Å². The van der Waals surface area contributed by atoms with Crippen molar-refractivity contribution in [2.45, 2.75) is 13.8 Å². The van der Waals surface area contributed by atoms with Crippen LogP contribution < -0.4 is 11.2 Å². The SMILES string of the molecule is CC(C)CNC(=O)N1CCN(N)C1=O. The molecule has 1 heterocycles. The Bertz CT molecular complexity index is 241. The summed E-state index contributed by atoms with van der Waals surface area (Å²) < 4.78 is 0. The standard InChI is InChI=1S/C8H16N4O2/c1-6(2)5-10-7(13)11-3-4-12(9)8(11)14/h6H,3-5,9H2,1-2H3,(H,10,13). The summed E-state index contributed by atoms with van der Waals surface area (Å²) in [6.45, 7) is 5.29. The number of rotatable bonds is 2. The maximum absolute atomic E-state index is 11.4. The average Bonchev–Trinajstić information content (AvgIpc) is 2.44. The van der Waals surface area contributed by atoms with Gasteiger partial charge in [-0.15, -0.1) is 0 Å². The van der Waals surface area contributed by atoms with Gasteiger partial charge in [0, 0.05) is 6.54 Å². The maximum Gasteiger partial charge on any atom is 0.342 e. The number of imide groups is 1. The summed E-state index contributed by atoms with van der Waals surface area (Å²) in [5.74, 6) is 5.69. The Morgan fingerprint density at radius 1 is 1.57 bits per heavy atom. The Balaban J connectivity index is 2.42. The van der Waals surface area contributed by atoms with Crippen LogP contribution in [0.15, 0.2) is 0 Å². The number of hydrazine groups is 1. The highest BCUT2D eigenvalue weighted by Crippen LogP contribution is 2.04. The summed E-state index contributed by atoms with van der Waals surface area (Å²) in [6, 6.07) is -0.803. The molecule has 0 saturated carbocycles. The Morgan fingerprint density at radius 2 is 2.21 bits per heavy atom. The number of hydrogen-bond acceptors (Lipinski definition) is 3. The highest BCUT2D eigenvalue weighted by Gasteiger charge is 2.31. The minimum absolute atomic E-state index is 0.360. The van der Waals surface area contributed by atoms with Crippen molar-refractivity contribution >= 4 is 12.1 Å². The van der Waals surface area contributed by atoms with Crippen LogP contribution in [0.4, 0.5) is 9.59 Å². The second-order valence-corrected chi connectivity index (χ2v) is 3.71. The first-order valence-corrected chi connectivity index (χ1v) is 4.64. The van der Waals surface area contributed by atoms with E-state index in [0.717, 1.165) is 9.91 Å². The second-order valence-electron chi connectivity index (χ2n) is 3.71. The van der Waals surface area contributed by atoms with Gasteiger partial charge in [0.2, 0.25) is 0 Å². The van der Waals surface area contributed by atoms with E-state index in [-0.39, 0.29) is 6.03 Å². The summed E-state index contributed by atoms with van der Waals surface area (Å²) in [7, 11) is 0. The summed E-state index contributed by atoms with van der Waals surface area (Å²) in [6.07, 6.45) is 0. The molecule has 0 aliphatic carbocycles. The maximum atomic E-state index is 11.4. The van der Waals surface area contributed by atoms with Crippen LogP contribution in [0.3, 0.4) is 0 Å². The third-order valence-electron chi connectivity index (χ3n) is 1.95. The van der Waals surface area contributed by atoms with Crippen LogP contribution >= 0.6 is 0 Å². The molecule has 1 fully saturated rings. The topological polar surface area (TPSA) is 78.7 Å². The van der Waals surface area contributed by atoms with Gasteiger partial charge in [-0.05, 0) is 5.92 Å². The lowest BCUT2D eigenvalue weighted by Crippen LogP contribution is -2.45. The Morgan fingerprint density at radius 3 is 2.64 bits per heavy atom. The van der Waals surface area contributed by atoms with Crippen LogP contribution in [0.5, 0.6) is 0 Å². The number of carbonyl (C=O) groups excluding carboxylic acids is 2. The molecule has 1 aliphatic rings. The van der Waals surface area contributed by atoms with Crippen molar-refractivity contribution in [2.75, 3.05) is 19.6 Å². The molecule has 0 unspecified atom stereocenters. The van der Waals surface area contributed by atoms with Gasteiger partial charge in [0.1, 0.15) is 0 Å². The van der Waals surface area contributed by atoms with Gasteiger partial charge in [-0.1, -0.05) is 13.8 Å². The van der Waals surface area contributed by atoms with Crippen LogP contribution in [0.25, 0.3) is 0 Å². The van der Waals surface area contributed by atoms with Gasteiger partial charge in [-0.3, -0.25) is 5.01 Å². The molecular formula is C8H16N4O2. The van der Waals surface area contributed by atoms with Crippen molar-refractivity contribution in [3.05, 3.63) is 0 Å². The van der Waals surface area contributed by atoms with Gasteiger partial charge in [0.25, 0.3) is 0 Å². The number of urea groups is 2. The Kier molecular flexibility index (Phi) is 3.29. The molecule has 1 rings (SSSR count). The zero-order valence-corrected chi connectivity index (χ0v) is 8.49. The Labute approximate surface area is 83.0 Å². The van der Waals surface area contributed by atoms with E-state index in [0.29, 0.717) is 25.6 Å². The first-order chi connectivity index (χ1) is 6.52. The molecule has 0 atom stereocenters. The minimum Gasteiger partial charge on any atom is -0.337 e. The molecule has 80 valence electrons. The predicted octanol–water partition coefficient (Wildman–Crippen LogP) is -0.0367. The normalized spacial score (nSPS) is 16.7. The van der Waals surface area contributed by atoms with Crippen LogP contribution in [-0.2, 0) is 0 Å². The molecule has 1 aliphatic heterocycles. The molecule has 0 radical (unpaired) electrons. The summed E-state index contributed by atoms with van der Waals surface area (Å²) in [5.41, 5.74) is 0. The number of carbonyl (C=O) groups is 2. The number of nitrogens with two attached hydrogens (primary N) is 1. The van der Waals surface area contributed by atoms with Gasteiger partial charge in [-0.2, -0.15) is 0 Å². The lowest BCUT2D eigenvalue weighted by molar-refractivity contribution is 0.185. The zero-order valence-electron chi connectivity index (χ0n) is 8.49. The predicted molar refractivity (Wildman–Crippen MR) is 51.2 cm³/mol. The second kappa shape index (κ2) is 4.28. The van der Waals surface area contributed by atoms with Gasteiger partial charge in [-0.25, -0.2) is 20.3 Å². The lowest BCUT2D eigenvalue weighted by atomic mass is 10.2. The van der Waals surface area contributed by atoms with Crippen molar-refractivity contribution in [2.24, 2.45) is 11.8 Å². The minimum atomic E-state index is -0.439. The summed E-state index contributed by atoms with van der Waals surface area (Å²) in [4.78, 5) is 23.8. The van der Waals surface area contributed by atoms with Crippen LogP contribution in [0.2, 0.25) is 0 Å². The molecule has 4 amide bonds. The average molecular weight is 200 g/mol. The van der Waals surface area contributed by atoms with E-state index in [1.165, 1.54) is 0 Å². The molecule has 0 aromatic rings. The number of hydrogen-bond donors (Lipinski definition) is 2. The molecule has 0 spiro atoms. The molecule has 14 heavy (non-hydrogen) atoms. The van der Waals surface area contributed by atoms with Gasteiger partial charge >= 0.3 is 12.1 Å². The smallest absolute Gasteiger partial charge is 0.337 e. The molecule has 0 aromatic carbocycles. The van der Waals surface area contributed by atoms with Crippen molar-refractivity contribution in [3.63, 3.8) is 0 Å². The van der Waals surface area contributed by atoms with E-state index in [1.54, 1.807) is 0 Å². The van der Waals surface area contributed by atoms with E-state index < -0.39 is 6.03 Å². The largest absolute Gasteiger partial charge is 0.342 e. The van der Waals surface area contributed by atoms with E-state index in [1.807, 2.05) is 13.8 Å². The molecular weight excluding hydrogens is 184 g/mol. The molecule has 6 nitrogen and oxygen atoms in total. The molecule has 0 aromatic heterocycles. The fourth-order valence-electron chi connectivity index (χ4n) is 1.13. The van der Waals surface area contributed by atoms with E-state index in [2.05, 4.69) is 5.32 Å².